The zero-order valence-electron chi connectivity index (χ0n) is 65.4. The first-order valence-electron chi connectivity index (χ1n) is 38.5. The van der Waals surface area contributed by atoms with Crippen molar-refractivity contribution in [1.29, 1.82) is 0 Å². The van der Waals surface area contributed by atoms with Crippen molar-refractivity contribution < 1.29 is 53.7 Å². The van der Waals surface area contributed by atoms with E-state index in [9.17, 15) is 53.7 Å². The number of aromatic nitrogens is 4. The predicted molar refractivity (Wildman–Crippen MR) is 469 cm³/mol. The fourth-order valence-electron chi connectivity index (χ4n) is 17.4. The van der Waals surface area contributed by atoms with Crippen LogP contribution in [0.2, 0.25) is 0 Å². The zero-order valence-corrected chi connectivity index (χ0v) is 66.2. The van der Waals surface area contributed by atoms with E-state index in [0.29, 0.717) is 48.5 Å². The molecule has 5 heterocycles. The first kappa shape index (κ1) is 89.4. The molecular weight excluding hydrogens is 1450 g/mol. The minimum Gasteiger partial charge on any atom is -0.507 e. The Morgan fingerprint density at radius 1 is 0.404 bits per heavy atom. The number of phenolic OH excluding ortho intramolecular Hbond substituents is 3. The van der Waals surface area contributed by atoms with Crippen LogP contribution in [-0.4, -0.2) is 180 Å². The molecule has 0 spiro atoms. The van der Waals surface area contributed by atoms with Crippen molar-refractivity contribution in [1.82, 2.24) is 37.9 Å². The molecule has 0 saturated carbocycles. The lowest BCUT2D eigenvalue weighted by Crippen LogP contribution is -2.26. The van der Waals surface area contributed by atoms with Gasteiger partial charge in [0.1, 0.15) is 17.2 Å². The second kappa shape index (κ2) is 37.0. The summed E-state index contributed by atoms with van der Waals surface area (Å²) in [5, 5.41) is 39.1. The van der Waals surface area contributed by atoms with E-state index in [1.807, 2.05) is 67.2 Å². The number of likely N-dealkylation sites (tertiary alicyclic amines) is 1. The van der Waals surface area contributed by atoms with Gasteiger partial charge in [-0.05, 0) is 262 Å². The molecule has 3 N–H and O–H groups in total. The molecule has 606 valence electrons. The Morgan fingerprint density at radius 3 is 1.11 bits per heavy atom. The van der Waals surface area contributed by atoms with Gasteiger partial charge in [0, 0.05) is 175 Å². The van der Waals surface area contributed by atoms with Gasteiger partial charge in [-0.3, -0.25) is 38.4 Å². The van der Waals surface area contributed by atoms with Crippen molar-refractivity contribution >= 4 is 146 Å². The van der Waals surface area contributed by atoms with Gasteiger partial charge in [0.15, 0.2) is 46.3 Å². The number of ketones is 8. The third kappa shape index (κ3) is 17.1. The lowest BCUT2D eigenvalue weighted by molar-refractivity contribution is 0.0986. The topological polar surface area (TPSA) is 230 Å². The van der Waals surface area contributed by atoms with E-state index in [4.69, 9.17) is 0 Å². The van der Waals surface area contributed by atoms with Gasteiger partial charge in [-0.25, -0.2) is 0 Å². The second-order valence-electron chi connectivity index (χ2n) is 30.6. The van der Waals surface area contributed by atoms with Crippen molar-refractivity contribution in [3.8, 4) is 17.2 Å². The van der Waals surface area contributed by atoms with Gasteiger partial charge in [0.25, 0.3) is 0 Å². The van der Waals surface area contributed by atoms with Crippen LogP contribution in [0.1, 0.15) is 229 Å². The minimum atomic E-state index is -0.228. The first-order valence-corrected chi connectivity index (χ1v) is 38.5. The summed E-state index contributed by atoms with van der Waals surface area (Å²) >= 11 is 0. The van der Waals surface area contributed by atoms with E-state index in [1.165, 1.54) is 73.1 Å². The van der Waals surface area contributed by atoms with Gasteiger partial charge < -0.3 is 53.2 Å². The number of benzene rings is 8. The molecule has 0 radical (unpaired) electrons. The van der Waals surface area contributed by atoms with Crippen LogP contribution in [-0.2, 0) is 45.4 Å². The standard InChI is InChI=1S/C24H26N2O2.C23H26N2O2.C22H24N2O3.C21H24N2O4.4CH4.ClH/c1-3-25(4-2)13-14-26-19-9-5-15-17(7-11-21(15)27)23(19)24-18-8-12-22(28)16(18)6-10-20(24)26;1-15(26)17-6-8-22-20(13-17)21-14-18(16(2)27)7-9-23(21)25(22)12-10-19-5-4-11-24(19)3;1-13(25)16-11-17-19(12-21(16)27)24(10-4-9-23(2)3)18-7-5-14-15(22(17)18)6-8-20(14)26;1-12(24)14-8-16-17-9-15(13(2)25)21(27)11-19(17)23(7-5-6-22(3)4)18(16)10-20(14)26;;;;;/h5-6,9-10H,3-4,7-8,11-14H2,1-2H3;6-9,13-14,19H,4-5,10-12H2,1-3H3;5,7,11-12,27H,4,6,8-10H2,1-3H3;8-11,26-27H,5-7H2,1-4H3;4*1H4;1H. The molecule has 16 rings (SSSR count). The summed E-state index contributed by atoms with van der Waals surface area (Å²) in [5.74, 6) is 0.0830. The summed E-state index contributed by atoms with van der Waals surface area (Å²) in [6, 6.07) is 34.7. The van der Waals surface area contributed by atoms with E-state index < -0.39 is 0 Å². The Kier molecular flexibility index (Phi) is 29.0. The van der Waals surface area contributed by atoms with Crippen LogP contribution in [0.5, 0.6) is 17.2 Å². The van der Waals surface area contributed by atoms with E-state index in [-0.39, 0.29) is 117 Å². The number of aromatic hydroxyl groups is 3. The van der Waals surface area contributed by atoms with Gasteiger partial charge in [-0.1, -0.05) is 43.6 Å². The third-order valence-corrected chi connectivity index (χ3v) is 23.2. The average Bonchev–Trinajstić information content (AvgIpc) is 1.57. The van der Waals surface area contributed by atoms with Crippen LogP contribution in [0.25, 0.3) is 87.2 Å². The average molecular weight is 1570 g/mol. The number of carbonyl (C=O) groups is 8. The SMILES string of the molecule is C.C.C.C.CC(=O)c1cc2c3c4c(ccc3n(CCCN(C)C)c2cc1O)C(=O)CC4.CC(=O)c1cc2c3cc(C(C)=O)c(O)cc3n(CCCN(C)C)c2cc1O.CC(=O)c1ccc2c(c1)c1cc(C(C)=O)ccc1n2CCC1CCCN1C.CCN(CC)CCn1c2ccc3c(c2c2c4c(ccc21)C(=O)CC4)CCC3=O.Cl. The summed E-state index contributed by atoms with van der Waals surface area (Å²) in [6.07, 6.45) is 9.61. The third-order valence-electron chi connectivity index (χ3n) is 23.2. The number of carbonyl (C=O) groups excluding carboxylic acids is 8. The van der Waals surface area contributed by atoms with Crippen molar-refractivity contribution in [2.24, 2.45) is 0 Å². The monoisotopic (exact) mass is 1570 g/mol. The maximum absolute atomic E-state index is 12.4. The Morgan fingerprint density at radius 2 is 0.746 bits per heavy atom. The highest BCUT2D eigenvalue weighted by Crippen LogP contribution is 2.44. The van der Waals surface area contributed by atoms with Crippen molar-refractivity contribution in [2.75, 3.05) is 74.5 Å². The molecule has 1 atom stereocenters. The fourth-order valence-corrected chi connectivity index (χ4v) is 17.4. The minimum absolute atomic E-state index is 0. The Balaban J connectivity index is 0.000000188. The summed E-state index contributed by atoms with van der Waals surface area (Å²) in [7, 11) is 10.3. The number of hydrogen-bond acceptors (Lipinski definition) is 15. The van der Waals surface area contributed by atoms with E-state index >= 15 is 0 Å². The molecule has 12 aromatic rings. The molecule has 4 aliphatic rings. The highest BCUT2D eigenvalue weighted by atomic mass is 35.5. The van der Waals surface area contributed by atoms with Crippen LogP contribution < -0.4 is 0 Å². The number of Topliss-reactive ketones (excluding diaryl/α,β-unsaturated/α-hetero) is 8. The second-order valence-corrected chi connectivity index (χ2v) is 30.6. The lowest BCUT2D eigenvalue weighted by atomic mass is 9.98. The number of hydrogen-bond donors (Lipinski definition) is 3. The maximum Gasteiger partial charge on any atom is 0.163 e. The molecule has 1 aliphatic heterocycles. The molecule has 114 heavy (non-hydrogen) atoms. The van der Waals surface area contributed by atoms with Crippen molar-refractivity contribution in [3.63, 3.8) is 0 Å². The number of likely N-dealkylation sites (N-methyl/N-ethyl adjacent to an activating group) is 1. The van der Waals surface area contributed by atoms with Gasteiger partial charge in [-0.2, -0.15) is 0 Å². The fraction of sp³-hybridized carbons (Fsp3) is 0.404. The van der Waals surface area contributed by atoms with E-state index in [0.717, 1.165) is 179 Å². The highest BCUT2D eigenvalue weighted by Gasteiger charge is 2.32. The van der Waals surface area contributed by atoms with Crippen molar-refractivity contribution in [3.05, 3.63) is 170 Å². The molecule has 0 bridgehead atoms. The number of nitrogens with zero attached hydrogens (tertiary/aromatic N) is 8. The van der Waals surface area contributed by atoms with Crippen LogP contribution in [0.15, 0.2) is 109 Å². The van der Waals surface area contributed by atoms with Crippen LogP contribution >= 0.6 is 12.4 Å². The Hall–Kier alpha value is -10.2. The summed E-state index contributed by atoms with van der Waals surface area (Å²) in [6.45, 7) is 21.3. The number of phenols is 3. The van der Waals surface area contributed by atoms with Gasteiger partial charge in [0.05, 0.1) is 33.2 Å². The number of aryl methyl sites for hydroxylation is 6. The molecular formula is C94H117ClN8O11. The Bertz CT molecular complexity index is 5520. The predicted octanol–water partition coefficient (Wildman–Crippen LogP) is 19.4. The molecule has 0 amide bonds. The normalized spacial score (nSPS) is 14.2. The zero-order chi connectivity index (χ0) is 77.7. The largest absolute Gasteiger partial charge is 0.507 e. The van der Waals surface area contributed by atoms with Crippen LogP contribution in [0, 0.1) is 0 Å². The highest BCUT2D eigenvalue weighted by molar-refractivity contribution is 6.21. The first-order chi connectivity index (χ1) is 52.2. The molecule has 1 fully saturated rings. The number of halogens is 1. The van der Waals surface area contributed by atoms with Crippen molar-refractivity contribution in [2.45, 2.75) is 181 Å². The number of rotatable bonds is 21. The Labute approximate surface area is 676 Å². The maximum atomic E-state index is 12.4. The van der Waals surface area contributed by atoms with E-state index in [2.05, 4.69) is 92.6 Å². The molecule has 3 aliphatic carbocycles. The molecule has 20 heteroatoms. The summed E-state index contributed by atoms with van der Waals surface area (Å²) in [5.41, 5.74) is 16.5. The van der Waals surface area contributed by atoms with Gasteiger partial charge >= 0.3 is 0 Å². The molecule has 8 aromatic carbocycles. The molecule has 19 nitrogen and oxygen atoms in total. The van der Waals surface area contributed by atoms with E-state index in [1.54, 1.807) is 50.2 Å². The van der Waals surface area contributed by atoms with Gasteiger partial charge in [0.2, 0.25) is 0 Å². The molecule has 4 aromatic heterocycles. The van der Waals surface area contributed by atoms with Gasteiger partial charge in [-0.15, -0.1) is 12.4 Å². The summed E-state index contributed by atoms with van der Waals surface area (Å²) < 4.78 is 8.99. The lowest BCUT2D eigenvalue weighted by Gasteiger charge is -2.20. The number of fused-ring (bicyclic) bond motifs is 18. The summed E-state index contributed by atoms with van der Waals surface area (Å²) in [4.78, 5) is 106. The quantitative estimate of drug-likeness (QED) is 0.0568. The molecule has 1 saturated heterocycles. The van der Waals surface area contributed by atoms with Crippen LogP contribution in [0.4, 0.5) is 0 Å². The van der Waals surface area contributed by atoms with Crippen LogP contribution in [0.3, 0.4) is 0 Å². The smallest absolute Gasteiger partial charge is 0.163 e. The molecule has 1 unspecified atom stereocenters.